The van der Waals surface area contributed by atoms with Gasteiger partial charge < -0.3 is 14.6 Å². The standard InChI is InChI=1S/C18H18N2O3/c1-23-13-2-3-15-14(10-13)12(9-17(21)19-15)8-16-18(22)11-4-6-20(16)7-5-11/h2-3,8-11H,4-7H2,1H3,(H,19,21)/b16-8+. The number of carbonyl (C=O) groups excluding carboxylic acids is 1. The number of nitrogens with zero attached hydrogens (tertiary/aromatic N) is 1. The van der Waals surface area contributed by atoms with Crippen LogP contribution < -0.4 is 10.3 Å². The van der Waals surface area contributed by atoms with Gasteiger partial charge in [0.15, 0.2) is 5.78 Å². The molecule has 118 valence electrons. The predicted molar refractivity (Wildman–Crippen MR) is 88.4 cm³/mol. The third-order valence-electron chi connectivity index (χ3n) is 4.83. The van der Waals surface area contributed by atoms with Crippen molar-refractivity contribution >= 4 is 22.8 Å². The summed E-state index contributed by atoms with van der Waals surface area (Å²) in [5.41, 5.74) is 2.08. The van der Waals surface area contributed by atoms with Crippen molar-refractivity contribution in [2.45, 2.75) is 12.8 Å². The minimum Gasteiger partial charge on any atom is -0.497 e. The summed E-state index contributed by atoms with van der Waals surface area (Å²) in [5.74, 6) is 1.08. The van der Waals surface area contributed by atoms with Crippen LogP contribution in [-0.4, -0.2) is 35.9 Å². The molecule has 1 N–H and O–H groups in total. The smallest absolute Gasteiger partial charge is 0.249 e. The van der Waals surface area contributed by atoms with Gasteiger partial charge in [-0.25, -0.2) is 0 Å². The first-order valence-electron chi connectivity index (χ1n) is 7.87. The van der Waals surface area contributed by atoms with E-state index in [1.54, 1.807) is 13.2 Å². The highest BCUT2D eigenvalue weighted by atomic mass is 16.5. The van der Waals surface area contributed by atoms with Crippen molar-refractivity contribution < 1.29 is 9.53 Å². The highest BCUT2D eigenvalue weighted by molar-refractivity contribution is 6.03. The summed E-state index contributed by atoms with van der Waals surface area (Å²) in [4.78, 5) is 29.4. The number of rotatable bonds is 2. The SMILES string of the molecule is COc1ccc2[nH]c(=O)cc(/C=C3\C(=O)C4CCN3CC4)c2c1. The number of piperidine rings is 3. The van der Waals surface area contributed by atoms with E-state index < -0.39 is 0 Å². The summed E-state index contributed by atoms with van der Waals surface area (Å²) in [5, 5.41) is 0.881. The van der Waals surface area contributed by atoms with Crippen molar-refractivity contribution in [1.82, 2.24) is 9.88 Å². The number of pyridine rings is 1. The van der Waals surface area contributed by atoms with Crippen LogP contribution in [0.3, 0.4) is 0 Å². The summed E-state index contributed by atoms with van der Waals surface area (Å²) >= 11 is 0. The molecule has 4 heterocycles. The summed E-state index contributed by atoms with van der Waals surface area (Å²) in [6.07, 6.45) is 3.75. The summed E-state index contributed by atoms with van der Waals surface area (Å²) in [6.45, 7) is 1.85. The van der Waals surface area contributed by atoms with Crippen molar-refractivity contribution in [1.29, 1.82) is 0 Å². The second kappa shape index (κ2) is 5.26. The first-order valence-corrected chi connectivity index (χ1v) is 7.87. The first kappa shape index (κ1) is 14.1. The quantitative estimate of drug-likeness (QED) is 0.864. The minimum absolute atomic E-state index is 0.147. The molecule has 5 heteroatoms. The maximum Gasteiger partial charge on any atom is 0.249 e. The molecule has 5 rings (SSSR count). The molecular weight excluding hydrogens is 292 g/mol. The minimum atomic E-state index is -0.169. The molecule has 3 aliphatic rings. The number of H-pyrrole nitrogens is 1. The zero-order chi connectivity index (χ0) is 16.0. The van der Waals surface area contributed by atoms with Crippen molar-refractivity contribution in [3.63, 3.8) is 0 Å². The fourth-order valence-electron chi connectivity index (χ4n) is 3.56. The molecule has 3 aliphatic heterocycles. The van der Waals surface area contributed by atoms with Gasteiger partial charge in [-0.15, -0.1) is 0 Å². The van der Waals surface area contributed by atoms with Crippen LogP contribution in [0.15, 0.2) is 34.8 Å². The maximum atomic E-state index is 12.5. The van der Waals surface area contributed by atoms with E-state index in [1.165, 1.54) is 0 Å². The van der Waals surface area contributed by atoms with Crippen LogP contribution >= 0.6 is 0 Å². The van der Waals surface area contributed by atoms with Crippen LogP contribution in [0.1, 0.15) is 18.4 Å². The van der Waals surface area contributed by atoms with E-state index in [9.17, 15) is 9.59 Å². The fourth-order valence-corrected chi connectivity index (χ4v) is 3.56. The fraction of sp³-hybridized carbons (Fsp3) is 0.333. The van der Waals surface area contributed by atoms with Crippen molar-refractivity contribution in [2.75, 3.05) is 20.2 Å². The number of allylic oxidation sites excluding steroid dienone is 1. The summed E-state index contributed by atoms with van der Waals surface area (Å²) in [7, 11) is 1.61. The van der Waals surface area contributed by atoms with Crippen molar-refractivity contribution in [3.05, 3.63) is 45.9 Å². The number of hydrogen-bond acceptors (Lipinski definition) is 4. The Balaban J connectivity index is 1.89. The lowest BCUT2D eigenvalue weighted by Crippen LogP contribution is -2.45. The Morgan fingerprint density at radius 1 is 1.22 bits per heavy atom. The number of aromatic nitrogens is 1. The zero-order valence-corrected chi connectivity index (χ0v) is 13.0. The number of Topliss-reactive ketones (excluding diaryl/α,β-unsaturated/α-hetero) is 1. The van der Waals surface area contributed by atoms with E-state index in [-0.39, 0.29) is 17.3 Å². The largest absolute Gasteiger partial charge is 0.497 e. The van der Waals surface area contributed by atoms with Gasteiger partial charge in [0.2, 0.25) is 5.56 Å². The van der Waals surface area contributed by atoms with E-state index in [0.29, 0.717) is 0 Å². The average Bonchev–Trinajstić information content (AvgIpc) is 2.58. The summed E-state index contributed by atoms with van der Waals surface area (Å²) < 4.78 is 5.28. The van der Waals surface area contributed by atoms with Gasteiger partial charge in [-0.3, -0.25) is 9.59 Å². The number of ketones is 1. The lowest BCUT2D eigenvalue weighted by molar-refractivity contribution is -0.125. The number of hydrogen-bond donors (Lipinski definition) is 1. The van der Waals surface area contributed by atoms with Crippen molar-refractivity contribution in [3.8, 4) is 5.75 Å². The Hall–Kier alpha value is -2.56. The zero-order valence-electron chi connectivity index (χ0n) is 13.0. The van der Waals surface area contributed by atoms with Crippen LogP contribution in [0.5, 0.6) is 5.75 Å². The van der Waals surface area contributed by atoms with Gasteiger partial charge in [0.05, 0.1) is 12.8 Å². The second-order valence-electron chi connectivity index (χ2n) is 6.16. The average molecular weight is 310 g/mol. The molecule has 0 atom stereocenters. The molecule has 0 amide bonds. The van der Waals surface area contributed by atoms with E-state index in [4.69, 9.17) is 4.74 Å². The van der Waals surface area contributed by atoms with Crippen LogP contribution in [0.2, 0.25) is 0 Å². The monoisotopic (exact) mass is 310 g/mol. The topological polar surface area (TPSA) is 62.4 Å². The van der Waals surface area contributed by atoms with E-state index in [0.717, 1.165) is 53.8 Å². The van der Waals surface area contributed by atoms with E-state index in [1.807, 2.05) is 24.3 Å². The van der Waals surface area contributed by atoms with Gasteiger partial charge in [0.1, 0.15) is 5.75 Å². The van der Waals surface area contributed by atoms with Crippen LogP contribution in [0.4, 0.5) is 0 Å². The molecule has 2 bridgehead atoms. The number of carbonyl (C=O) groups is 1. The van der Waals surface area contributed by atoms with Gasteiger partial charge in [-0.2, -0.15) is 0 Å². The Kier molecular flexibility index (Phi) is 3.22. The molecule has 23 heavy (non-hydrogen) atoms. The Morgan fingerprint density at radius 2 is 2.00 bits per heavy atom. The van der Waals surface area contributed by atoms with Gasteiger partial charge in [-0.05, 0) is 42.7 Å². The van der Waals surface area contributed by atoms with Crippen LogP contribution in [0, 0.1) is 5.92 Å². The van der Waals surface area contributed by atoms with Crippen LogP contribution in [0.25, 0.3) is 17.0 Å². The van der Waals surface area contributed by atoms with Gasteiger partial charge in [-0.1, -0.05) is 0 Å². The molecule has 0 unspecified atom stereocenters. The third kappa shape index (κ3) is 2.32. The molecule has 0 saturated carbocycles. The van der Waals surface area contributed by atoms with E-state index >= 15 is 0 Å². The molecule has 0 spiro atoms. The number of benzene rings is 1. The van der Waals surface area contributed by atoms with Crippen molar-refractivity contribution in [2.24, 2.45) is 5.92 Å². The van der Waals surface area contributed by atoms with Gasteiger partial charge in [0.25, 0.3) is 0 Å². The predicted octanol–water partition coefficient (Wildman–Crippen LogP) is 2.17. The highest BCUT2D eigenvalue weighted by Gasteiger charge is 2.36. The molecule has 1 aromatic heterocycles. The normalized spacial score (nSPS) is 19.8. The number of ether oxygens (including phenoxy) is 1. The molecule has 3 saturated heterocycles. The second-order valence-corrected chi connectivity index (χ2v) is 6.16. The molecule has 5 nitrogen and oxygen atoms in total. The van der Waals surface area contributed by atoms with Gasteiger partial charge >= 0.3 is 0 Å². The molecule has 0 radical (unpaired) electrons. The Labute approximate surface area is 133 Å². The molecule has 3 fully saturated rings. The first-order chi connectivity index (χ1) is 11.2. The Morgan fingerprint density at radius 3 is 2.70 bits per heavy atom. The summed E-state index contributed by atoms with van der Waals surface area (Å²) in [6, 6.07) is 7.07. The molecular formula is C18H18N2O3. The maximum absolute atomic E-state index is 12.5. The number of methoxy groups -OCH3 is 1. The lowest BCUT2D eigenvalue weighted by Gasteiger charge is -2.41. The third-order valence-corrected chi connectivity index (χ3v) is 4.83. The molecule has 2 aromatic rings. The molecule has 1 aromatic carbocycles. The van der Waals surface area contributed by atoms with Crippen LogP contribution in [-0.2, 0) is 4.79 Å². The van der Waals surface area contributed by atoms with Gasteiger partial charge in [0, 0.05) is 36.0 Å². The number of fused-ring (bicyclic) bond motifs is 4. The number of aromatic amines is 1. The Bertz CT molecular complexity index is 873. The highest BCUT2D eigenvalue weighted by Crippen LogP contribution is 2.33. The molecule has 0 aliphatic carbocycles. The number of nitrogens with one attached hydrogen (secondary N) is 1. The lowest BCUT2D eigenvalue weighted by atomic mass is 9.84. The van der Waals surface area contributed by atoms with E-state index in [2.05, 4.69) is 9.88 Å².